The third kappa shape index (κ3) is 4.09. The maximum atomic E-state index is 13.1. The fraction of sp³-hybridized carbons (Fsp3) is 0.250. The lowest BCUT2D eigenvalue weighted by atomic mass is 10.1. The summed E-state index contributed by atoms with van der Waals surface area (Å²) in [6, 6.07) is 21.9. The first-order chi connectivity index (χ1) is 14.2. The van der Waals surface area contributed by atoms with Crippen molar-refractivity contribution >= 4 is 11.6 Å². The van der Waals surface area contributed by atoms with E-state index in [1.54, 1.807) is 7.11 Å². The van der Waals surface area contributed by atoms with Crippen LogP contribution in [0.5, 0.6) is 5.75 Å². The van der Waals surface area contributed by atoms with Gasteiger partial charge >= 0.3 is 0 Å². The van der Waals surface area contributed by atoms with Crippen LogP contribution in [0, 0.1) is 6.92 Å². The Kier molecular flexibility index (Phi) is 5.47. The van der Waals surface area contributed by atoms with E-state index in [-0.39, 0.29) is 5.91 Å². The SMILES string of the molecule is COc1cccc(N2CCN(C(=O)c3ccc(-c4ccccc4)nc3C)CC2)c1. The molecular weight excluding hydrogens is 362 g/mol. The summed E-state index contributed by atoms with van der Waals surface area (Å²) in [5.74, 6) is 0.904. The van der Waals surface area contributed by atoms with E-state index in [0.717, 1.165) is 41.5 Å². The molecule has 0 bridgehead atoms. The second-order valence-electron chi connectivity index (χ2n) is 7.18. The molecule has 5 heteroatoms. The van der Waals surface area contributed by atoms with Crippen LogP contribution < -0.4 is 9.64 Å². The van der Waals surface area contributed by atoms with Gasteiger partial charge in [-0.15, -0.1) is 0 Å². The molecule has 1 amide bonds. The van der Waals surface area contributed by atoms with Crippen molar-refractivity contribution in [2.45, 2.75) is 6.92 Å². The topological polar surface area (TPSA) is 45.7 Å². The quantitative estimate of drug-likeness (QED) is 0.678. The molecule has 1 aliphatic heterocycles. The standard InChI is InChI=1S/C24H25N3O2/c1-18-22(11-12-23(25-18)19-7-4-3-5-8-19)24(28)27-15-13-26(14-16-27)20-9-6-10-21(17-20)29-2/h3-12,17H,13-16H2,1-2H3. The number of ether oxygens (including phenoxy) is 1. The molecule has 2 heterocycles. The van der Waals surface area contributed by atoms with Gasteiger partial charge in [-0.05, 0) is 31.2 Å². The number of hydrogen-bond donors (Lipinski definition) is 0. The number of carbonyl (C=O) groups is 1. The second-order valence-corrected chi connectivity index (χ2v) is 7.18. The van der Waals surface area contributed by atoms with Crippen molar-refractivity contribution in [2.24, 2.45) is 0 Å². The minimum absolute atomic E-state index is 0.0555. The number of pyridine rings is 1. The number of aryl methyl sites for hydroxylation is 1. The zero-order valence-electron chi connectivity index (χ0n) is 16.8. The van der Waals surface area contributed by atoms with Gasteiger partial charge < -0.3 is 14.5 Å². The van der Waals surface area contributed by atoms with Gasteiger partial charge in [0.15, 0.2) is 0 Å². The lowest BCUT2D eigenvalue weighted by Crippen LogP contribution is -2.49. The third-order valence-electron chi connectivity index (χ3n) is 5.37. The molecule has 0 N–H and O–H groups in total. The first kappa shape index (κ1) is 19.0. The van der Waals surface area contributed by atoms with Crippen molar-refractivity contribution in [3.8, 4) is 17.0 Å². The smallest absolute Gasteiger partial charge is 0.255 e. The Morgan fingerprint density at radius 2 is 1.69 bits per heavy atom. The highest BCUT2D eigenvalue weighted by Crippen LogP contribution is 2.23. The summed E-state index contributed by atoms with van der Waals surface area (Å²) in [6.07, 6.45) is 0. The largest absolute Gasteiger partial charge is 0.497 e. The van der Waals surface area contributed by atoms with Gasteiger partial charge in [0.25, 0.3) is 5.91 Å². The maximum absolute atomic E-state index is 13.1. The highest BCUT2D eigenvalue weighted by Gasteiger charge is 2.24. The summed E-state index contributed by atoms with van der Waals surface area (Å²) < 4.78 is 5.32. The van der Waals surface area contributed by atoms with Crippen molar-refractivity contribution in [2.75, 3.05) is 38.2 Å². The van der Waals surface area contributed by atoms with Crippen LogP contribution in [0.15, 0.2) is 66.7 Å². The molecule has 0 radical (unpaired) electrons. The molecule has 0 atom stereocenters. The molecule has 3 aromatic rings. The fourth-order valence-corrected chi connectivity index (χ4v) is 3.70. The van der Waals surface area contributed by atoms with E-state index in [2.05, 4.69) is 16.0 Å². The van der Waals surface area contributed by atoms with Gasteiger partial charge in [0.05, 0.1) is 24.1 Å². The molecule has 1 saturated heterocycles. The van der Waals surface area contributed by atoms with Gasteiger partial charge in [0, 0.05) is 43.5 Å². The Morgan fingerprint density at radius 1 is 0.931 bits per heavy atom. The maximum Gasteiger partial charge on any atom is 0.255 e. The summed E-state index contributed by atoms with van der Waals surface area (Å²) in [5, 5.41) is 0. The lowest BCUT2D eigenvalue weighted by molar-refractivity contribution is 0.0745. The zero-order chi connectivity index (χ0) is 20.2. The van der Waals surface area contributed by atoms with Gasteiger partial charge in [0.1, 0.15) is 5.75 Å². The van der Waals surface area contributed by atoms with E-state index in [4.69, 9.17) is 4.74 Å². The predicted octanol–water partition coefficient (Wildman–Crippen LogP) is 4.03. The average Bonchev–Trinajstić information content (AvgIpc) is 2.79. The van der Waals surface area contributed by atoms with E-state index in [0.29, 0.717) is 18.7 Å². The summed E-state index contributed by atoms with van der Waals surface area (Å²) >= 11 is 0. The molecule has 4 rings (SSSR count). The van der Waals surface area contributed by atoms with E-state index >= 15 is 0 Å². The van der Waals surface area contributed by atoms with Crippen LogP contribution in [0.25, 0.3) is 11.3 Å². The number of amides is 1. The normalized spacial score (nSPS) is 14.0. The van der Waals surface area contributed by atoms with Crippen LogP contribution >= 0.6 is 0 Å². The Labute approximate surface area is 171 Å². The van der Waals surface area contributed by atoms with Crippen molar-refractivity contribution in [1.82, 2.24) is 9.88 Å². The molecule has 148 valence electrons. The monoisotopic (exact) mass is 387 g/mol. The molecular formula is C24H25N3O2. The highest BCUT2D eigenvalue weighted by atomic mass is 16.5. The average molecular weight is 387 g/mol. The Hall–Kier alpha value is -3.34. The molecule has 0 unspecified atom stereocenters. The summed E-state index contributed by atoms with van der Waals surface area (Å²) in [7, 11) is 1.68. The summed E-state index contributed by atoms with van der Waals surface area (Å²) in [4.78, 5) is 21.9. The van der Waals surface area contributed by atoms with Crippen LogP contribution in [-0.4, -0.2) is 49.1 Å². The Bertz CT molecular complexity index is 996. The molecule has 2 aromatic carbocycles. The number of methoxy groups -OCH3 is 1. The van der Waals surface area contributed by atoms with Gasteiger partial charge in [0.2, 0.25) is 0 Å². The minimum Gasteiger partial charge on any atom is -0.497 e. The summed E-state index contributed by atoms with van der Waals surface area (Å²) in [6.45, 7) is 4.89. The summed E-state index contributed by atoms with van der Waals surface area (Å²) in [5.41, 5.74) is 4.52. The molecule has 0 saturated carbocycles. The third-order valence-corrected chi connectivity index (χ3v) is 5.37. The van der Waals surface area contributed by atoms with Crippen LogP contribution in [0.4, 0.5) is 5.69 Å². The van der Waals surface area contributed by atoms with E-state index < -0.39 is 0 Å². The zero-order valence-corrected chi connectivity index (χ0v) is 16.8. The molecule has 29 heavy (non-hydrogen) atoms. The molecule has 0 aliphatic carbocycles. The number of anilines is 1. The Balaban J connectivity index is 1.44. The number of piperazine rings is 1. The van der Waals surface area contributed by atoms with Crippen LogP contribution in [-0.2, 0) is 0 Å². The van der Waals surface area contributed by atoms with Crippen LogP contribution in [0.2, 0.25) is 0 Å². The van der Waals surface area contributed by atoms with Crippen LogP contribution in [0.3, 0.4) is 0 Å². The lowest BCUT2D eigenvalue weighted by Gasteiger charge is -2.36. The van der Waals surface area contributed by atoms with Gasteiger partial charge in [-0.25, -0.2) is 0 Å². The molecule has 5 nitrogen and oxygen atoms in total. The van der Waals surface area contributed by atoms with Crippen LogP contribution in [0.1, 0.15) is 16.1 Å². The number of carbonyl (C=O) groups excluding carboxylic acids is 1. The number of rotatable bonds is 4. The highest BCUT2D eigenvalue weighted by molar-refractivity contribution is 5.95. The number of hydrogen-bond acceptors (Lipinski definition) is 4. The number of nitrogens with zero attached hydrogens (tertiary/aromatic N) is 3. The first-order valence-electron chi connectivity index (χ1n) is 9.87. The van der Waals surface area contributed by atoms with Gasteiger partial charge in [-0.2, -0.15) is 0 Å². The van der Waals surface area contributed by atoms with E-state index in [1.165, 1.54) is 0 Å². The minimum atomic E-state index is 0.0555. The van der Waals surface area contributed by atoms with Crippen molar-refractivity contribution in [3.05, 3.63) is 78.0 Å². The molecule has 1 fully saturated rings. The van der Waals surface area contributed by atoms with Crippen molar-refractivity contribution in [3.63, 3.8) is 0 Å². The molecule has 1 aromatic heterocycles. The number of aromatic nitrogens is 1. The Morgan fingerprint density at radius 3 is 2.38 bits per heavy atom. The predicted molar refractivity (Wildman–Crippen MR) is 116 cm³/mol. The first-order valence-corrected chi connectivity index (χ1v) is 9.87. The van der Waals surface area contributed by atoms with Gasteiger partial charge in [-0.1, -0.05) is 36.4 Å². The molecule has 1 aliphatic rings. The van der Waals surface area contributed by atoms with Crippen molar-refractivity contribution < 1.29 is 9.53 Å². The van der Waals surface area contributed by atoms with Crippen molar-refractivity contribution in [1.29, 1.82) is 0 Å². The van der Waals surface area contributed by atoms with Gasteiger partial charge in [-0.3, -0.25) is 9.78 Å². The molecule has 0 spiro atoms. The van der Waals surface area contributed by atoms with E-state index in [1.807, 2.05) is 72.5 Å². The second kappa shape index (κ2) is 8.35. The number of benzene rings is 2. The fourth-order valence-electron chi connectivity index (χ4n) is 3.70. The van der Waals surface area contributed by atoms with E-state index in [9.17, 15) is 4.79 Å².